The van der Waals surface area contributed by atoms with Gasteiger partial charge < -0.3 is 19.1 Å². The van der Waals surface area contributed by atoms with E-state index < -0.39 is 0 Å². The van der Waals surface area contributed by atoms with Gasteiger partial charge in [0.1, 0.15) is 6.61 Å². The second kappa shape index (κ2) is 6.43. The largest absolute Gasteiger partial charge is 0.370 e. The van der Waals surface area contributed by atoms with Gasteiger partial charge in [-0.15, -0.1) is 0 Å². The van der Waals surface area contributed by atoms with Crippen LogP contribution < -0.4 is 0 Å². The lowest BCUT2D eigenvalue weighted by molar-refractivity contribution is -0.00306. The summed E-state index contributed by atoms with van der Waals surface area (Å²) in [6, 6.07) is 0.186. The highest BCUT2D eigenvalue weighted by Gasteiger charge is 2.29. The van der Waals surface area contributed by atoms with Crippen LogP contribution in [0, 0.1) is 0 Å². The molecule has 0 aromatic carbocycles. The number of rotatable bonds is 4. The Morgan fingerprint density at radius 3 is 2.57 bits per heavy atom. The van der Waals surface area contributed by atoms with E-state index in [-0.39, 0.29) is 12.1 Å². The molecule has 2 amide bonds. The number of piperidine rings is 1. The molecule has 0 aliphatic carbocycles. The lowest BCUT2D eigenvalue weighted by atomic mass is 10.1. The molecule has 116 valence electrons. The first-order valence-electron chi connectivity index (χ1n) is 7.73. The zero-order valence-electron chi connectivity index (χ0n) is 12.5. The summed E-state index contributed by atoms with van der Waals surface area (Å²) in [6.45, 7) is 5.72. The molecule has 3 heterocycles. The first kappa shape index (κ1) is 14.3. The first-order valence-corrected chi connectivity index (χ1v) is 7.73. The Kier molecular flexibility index (Phi) is 4.38. The third kappa shape index (κ3) is 3.34. The molecule has 2 saturated heterocycles. The third-order valence-corrected chi connectivity index (χ3v) is 4.10. The van der Waals surface area contributed by atoms with Crippen molar-refractivity contribution in [2.45, 2.75) is 45.3 Å². The van der Waals surface area contributed by atoms with Crippen LogP contribution in [0.25, 0.3) is 0 Å². The van der Waals surface area contributed by atoms with Crippen LogP contribution in [-0.2, 0) is 17.8 Å². The summed E-state index contributed by atoms with van der Waals surface area (Å²) in [5.74, 6) is 1.24. The van der Waals surface area contributed by atoms with Gasteiger partial charge in [-0.25, -0.2) is 4.79 Å². The number of aryl methyl sites for hydroxylation is 1. The number of amides is 2. The highest BCUT2D eigenvalue weighted by Crippen LogP contribution is 2.18. The van der Waals surface area contributed by atoms with Crippen molar-refractivity contribution >= 4 is 6.03 Å². The summed E-state index contributed by atoms with van der Waals surface area (Å²) in [7, 11) is 0. The quantitative estimate of drug-likeness (QED) is 0.840. The van der Waals surface area contributed by atoms with Gasteiger partial charge in [0.2, 0.25) is 5.89 Å². The molecule has 0 spiro atoms. The third-order valence-electron chi connectivity index (χ3n) is 4.10. The molecule has 7 nitrogen and oxygen atoms in total. The number of hydrogen-bond acceptors (Lipinski definition) is 5. The van der Waals surface area contributed by atoms with Crippen LogP contribution in [0.15, 0.2) is 4.52 Å². The minimum absolute atomic E-state index is 0.175. The Morgan fingerprint density at radius 1 is 1.29 bits per heavy atom. The topological polar surface area (TPSA) is 71.7 Å². The van der Waals surface area contributed by atoms with Crippen LogP contribution in [-0.4, -0.2) is 58.3 Å². The van der Waals surface area contributed by atoms with Crippen molar-refractivity contribution in [1.82, 2.24) is 19.9 Å². The summed E-state index contributed by atoms with van der Waals surface area (Å²) < 4.78 is 10.9. The van der Waals surface area contributed by atoms with E-state index in [1.807, 2.05) is 16.7 Å². The van der Waals surface area contributed by atoms with Crippen molar-refractivity contribution in [2.24, 2.45) is 0 Å². The Morgan fingerprint density at radius 2 is 2.00 bits per heavy atom. The number of aromatic nitrogens is 2. The molecule has 3 rings (SSSR count). The van der Waals surface area contributed by atoms with E-state index in [4.69, 9.17) is 9.26 Å². The molecule has 0 radical (unpaired) electrons. The smallest absolute Gasteiger partial charge is 0.320 e. The van der Waals surface area contributed by atoms with Crippen molar-refractivity contribution < 1.29 is 14.1 Å². The molecule has 7 heteroatoms. The summed E-state index contributed by atoms with van der Waals surface area (Å²) in [5, 5.41) is 3.87. The van der Waals surface area contributed by atoms with Crippen LogP contribution >= 0.6 is 0 Å². The fourth-order valence-corrected chi connectivity index (χ4v) is 2.61. The monoisotopic (exact) mass is 294 g/mol. The van der Waals surface area contributed by atoms with Gasteiger partial charge in [0.15, 0.2) is 5.82 Å². The highest BCUT2D eigenvalue weighted by molar-refractivity contribution is 5.75. The zero-order chi connectivity index (χ0) is 14.7. The molecule has 2 fully saturated rings. The molecule has 21 heavy (non-hydrogen) atoms. The van der Waals surface area contributed by atoms with Crippen LogP contribution in [0.1, 0.15) is 37.9 Å². The van der Waals surface area contributed by atoms with E-state index in [1.165, 1.54) is 0 Å². The Balaban J connectivity index is 1.40. The van der Waals surface area contributed by atoms with Crippen molar-refractivity contribution in [1.29, 1.82) is 0 Å². The van der Waals surface area contributed by atoms with Crippen molar-refractivity contribution in [3.8, 4) is 0 Å². The molecular formula is C14H22N4O3. The summed E-state index contributed by atoms with van der Waals surface area (Å²) in [4.78, 5) is 20.1. The Hall–Kier alpha value is -1.63. The van der Waals surface area contributed by atoms with E-state index in [9.17, 15) is 4.79 Å². The Labute approximate surface area is 124 Å². The molecule has 1 aromatic heterocycles. The minimum Gasteiger partial charge on any atom is -0.370 e. The maximum absolute atomic E-state index is 12.1. The zero-order valence-corrected chi connectivity index (χ0v) is 12.5. The van der Waals surface area contributed by atoms with E-state index in [0.29, 0.717) is 18.3 Å². The highest BCUT2D eigenvalue weighted by atomic mass is 16.5. The van der Waals surface area contributed by atoms with E-state index in [0.717, 1.165) is 51.9 Å². The van der Waals surface area contributed by atoms with Crippen LogP contribution in [0.2, 0.25) is 0 Å². The van der Waals surface area contributed by atoms with Crippen molar-refractivity contribution in [3.63, 3.8) is 0 Å². The van der Waals surface area contributed by atoms with Gasteiger partial charge in [-0.3, -0.25) is 0 Å². The minimum atomic E-state index is 0.175. The molecule has 2 aliphatic heterocycles. The van der Waals surface area contributed by atoms with Crippen LogP contribution in [0.3, 0.4) is 0 Å². The lowest BCUT2D eigenvalue weighted by Crippen LogP contribution is -2.52. The van der Waals surface area contributed by atoms with Gasteiger partial charge in [0.25, 0.3) is 0 Å². The number of nitrogens with zero attached hydrogens (tertiary/aromatic N) is 4. The van der Waals surface area contributed by atoms with Crippen LogP contribution in [0.5, 0.6) is 0 Å². The first-order chi connectivity index (χ1) is 10.3. The summed E-state index contributed by atoms with van der Waals surface area (Å²) >= 11 is 0. The summed E-state index contributed by atoms with van der Waals surface area (Å²) in [6.07, 6.45) is 3.80. The van der Waals surface area contributed by atoms with Gasteiger partial charge in [0, 0.05) is 32.6 Å². The Bertz CT molecular complexity index is 478. The number of ether oxygens (including phenoxy) is 1. The molecule has 2 aliphatic rings. The number of carbonyl (C=O) groups excluding carboxylic acids is 1. The second-order valence-corrected chi connectivity index (χ2v) is 5.58. The van der Waals surface area contributed by atoms with Crippen molar-refractivity contribution in [2.75, 3.05) is 26.2 Å². The molecule has 0 N–H and O–H groups in total. The SMILES string of the molecule is CCc1nc(COC2CCN(C(=O)N3CCC3)CC2)no1. The number of hydrogen-bond donors (Lipinski definition) is 0. The van der Waals surface area contributed by atoms with Gasteiger partial charge >= 0.3 is 6.03 Å². The molecule has 0 saturated carbocycles. The predicted molar refractivity (Wildman–Crippen MR) is 74.6 cm³/mol. The fraction of sp³-hybridized carbons (Fsp3) is 0.786. The fourth-order valence-electron chi connectivity index (χ4n) is 2.61. The molecular weight excluding hydrogens is 272 g/mol. The van der Waals surface area contributed by atoms with Gasteiger partial charge in [-0.1, -0.05) is 12.1 Å². The number of likely N-dealkylation sites (tertiary alicyclic amines) is 2. The summed E-state index contributed by atoms with van der Waals surface area (Å²) in [5.41, 5.74) is 0. The molecule has 0 atom stereocenters. The normalized spacial score (nSPS) is 19.7. The molecule has 1 aromatic rings. The van der Waals surface area contributed by atoms with E-state index in [2.05, 4.69) is 10.1 Å². The maximum atomic E-state index is 12.1. The standard InChI is InChI=1S/C14H22N4O3/c1-2-13-15-12(16-21-13)10-20-11-4-8-18(9-5-11)14(19)17-6-3-7-17/h11H,2-10H2,1H3. The van der Waals surface area contributed by atoms with E-state index >= 15 is 0 Å². The number of urea groups is 1. The molecule has 0 bridgehead atoms. The van der Waals surface area contributed by atoms with Crippen LogP contribution in [0.4, 0.5) is 4.79 Å². The lowest BCUT2D eigenvalue weighted by Gasteiger charge is -2.39. The average molecular weight is 294 g/mol. The van der Waals surface area contributed by atoms with E-state index in [1.54, 1.807) is 0 Å². The van der Waals surface area contributed by atoms with Gasteiger partial charge in [-0.2, -0.15) is 4.98 Å². The van der Waals surface area contributed by atoms with Gasteiger partial charge in [0.05, 0.1) is 6.10 Å². The predicted octanol–water partition coefficient (Wildman–Crippen LogP) is 1.44. The molecule has 0 unspecified atom stereocenters. The maximum Gasteiger partial charge on any atom is 0.320 e. The van der Waals surface area contributed by atoms with Crippen molar-refractivity contribution in [3.05, 3.63) is 11.7 Å². The average Bonchev–Trinajstić information content (AvgIpc) is 2.92. The number of carbonyl (C=O) groups is 1. The van der Waals surface area contributed by atoms with Gasteiger partial charge in [-0.05, 0) is 19.3 Å². The second-order valence-electron chi connectivity index (χ2n) is 5.58.